The Morgan fingerprint density at radius 2 is 2.12 bits per heavy atom. The zero-order chi connectivity index (χ0) is 12.3. The number of fused-ring (bicyclic) bond motifs is 1. The predicted octanol–water partition coefficient (Wildman–Crippen LogP) is 2.09. The molecule has 0 aromatic heterocycles. The zero-order valence-corrected chi connectivity index (χ0v) is 10.4. The molecular weight excluding hydrogens is 212 g/mol. The number of nitrogens with zero attached hydrogens (tertiary/aromatic N) is 1. The van der Waals surface area contributed by atoms with E-state index in [1.54, 1.807) is 0 Å². The van der Waals surface area contributed by atoms with Gasteiger partial charge in [0.15, 0.2) is 0 Å². The number of amides is 1. The molecule has 2 rings (SSSR count). The molecule has 1 aliphatic rings. The van der Waals surface area contributed by atoms with Crippen molar-refractivity contribution in [3.8, 4) is 0 Å². The lowest BCUT2D eigenvalue weighted by Gasteiger charge is -2.17. The number of anilines is 1. The molecule has 0 bridgehead atoms. The molecule has 1 atom stereocenters. The summed E-state index contributed by atoms with van der Waals surface area (Å²) >= 11 is 0. The molecule has 1 unspecified atom stereocenters. The molecule has 3 heteroatoms. The molecule has 0 fully saturated rings. The van der Waals surface area contributed by atoms with Crippen molar-refractivity contribution in [3.05, 3.63) is 29.8 Å². The lowest BCUT2D eigenvalue weighted by atomic mass is 10.1. The van der Waals surface area contributed by atoms with Crippen LogP contribution in [0, 0.1) is 0 Å². The predicted molar refractivity (Wildman–Crippen MR) is 70.0 cm³/mol. The molecule has 1 aromatic rings. The van der Waals surface area contributed by atoms with Crippen LogP contribution in [0.15, 0.2) is 24.3 Å². The Labute approximate surface area is 103 Å². The van der Waals surface area contributed by atoms with Gasteiger partial charge in [-0.1, -0.05) is 24.6 Å². The summed E-state index contributed by atoms with van der Waals surface area (Å²) in [5.41, 5.74) is 7.96. The van der Waals surface area contributed by atoms with Gasteiger partial charge in [0.25, 0.3) is 0 Å². The summed E-state index contributed by atoms with van der Waals surface area (Å²) in [6.07, 6.45) is 3.71. The number of carbonyl (C=O) groups excluding carboxylic acids is 1. The summed E-state index contributed by atoms with van der Waals surface area (Å²) < 4.78 is 0. The summed E-state index contributed by atoms with van der Waals surface area (Å²) in [5.74, 6) is 0.229. The lowest BCUT2D eigenvalue weighted by Crippen LogP contribution is -2.28. The molecule has 1 aromatic carbocycles. The van der Waals surface area contributed by atoms with Gasteiger partial charge in [-0.15, -0.1) is 0 Å². The van der Waals surface area contributed by atoms with Crippen LogP contribution in [0.2, 0.25) is 0 Å². The van der Waals surface area contributed by atoms with Crippen molar-refractivity contribution >= 4 is 11.6 Å². The van der Waals surface area contributed by atoms with Gasteiger partial charge in [0.2, 0.25) is 5.91 Å². The largest absolute Gasteiger partial charge is 0.328 e. The highest BCUT2D eigenvalue weighted by molar-refractivity contribution is 6.01. The second-order valence-electron chi connectivity index (χ2n) is 4.82. The number of para-hydroxylation sites is 1. The van der Waals surface area contributed by atoms with E-state index in [1.165, 1.54) is 0 Å². The first kappa shape index (κ1) is 12.1. The third-order valence-corrected chi connectivity index (χ3v) is 3.22. The number of hydrogen-bond acceptors (Lipinski definition) is 2. The minimum Gasteiger partial charge on any atom is -0.328 e. The normalized spacial score (nSPS) is 16.1. The van der Waals surface area contributed by atoms with E-state index >= 15 is 0 Å². The Morgan fingerprint density at radius 3 is 2.88 bits per heavy atom. The molecule has 92 valence electrons. The average molecular weight is 232 g/mol. The van der Waals surface area contributed by atoms with E-state index < -0.39 is 0 Å². The molecule has 1 amide bonds. The molecule has 17 heavy (non-hydrogen) atoms. The molecule has 2 N–H and O–H groups in total. The first-order valence-corrected chi connectivity index (χ1v) is 6.32. The van der Waals surface area contributed by atoms with Crippen LogP contribution in [0.3, 0.4) is 0 Å². The topological polar surface area (TPSA) is 46.3 Å². The summed E-state index contributed by atoms with van der Waals surface area (Å²) in [4.78, 5) is 13.8. The second kappa shape index (κ2) is 5.32. The molecule has 3 nitrogen and oxygen atoms in total. The molecule has 0 saturated heterocycles. The number of rotatable bonds is 5. The number of carbonyl (C=O) groups is 1. The maximum absolute atomic E-state index is 11.9. The van der Waals surface area contributed by atoms with Gasteiger partial charge >= 0.3 is 0 Å². The molecular formula is C14H20N2O. The fourth-order valence-electron chi connectivity index (χ4n) is 2.30. The minimum atomic E-state index is 0.229. The van der Waals surface area contributed by atoms with Crippen LogP contribution in [0.25, 0.3) is 0 Å². The van der Waals surface area contributed by atoms with E-state index in [4.69, 9.17) is 5.73 Å². The van der Waals surface area contributed by atoms with Gasteiger partial charge in [-0.25, -0.2) is 0 Å². The molecule has 0 saturated carbocycles. The monoisotopic (exact) mass is 232 g/mol. The number of hydrogen-bond donors (Lipinski definition) is 1. The summed E-state index contributed by atoms with van der Waals surface area (Å²) in [5, 5.41) is 0. The van der Waals surface area contributed by atoms with E-state index in [9.17, 15) is 4.79 Å². The van der Waals surface area contributed by atoms with Crippen LogP contribution in [-0.2, 0) is 11.2 Å². The van der Waals surface area contributed by atoms with Gasteiger partial charge in [-0.05, 0) is 31.4 Å². The van der Waals surface area contributed by atoms with Crippen LogP contribution in [0.5, 0.6) is 0 Å². The third kappa shape index (κ3) is 2.86. The van der Waals surface area contributed by atoms with Gasteiger partial charge < -0.3 is 10.6 Å². The van der Waals surface area contributed by atoms with Crippen LogP contribution < -0.4 is 10.6 Å². The highest BCUT2D eigenvalue weighted by Gasteiger charge is 2.25. The van der Waals surface area contributed by atoms with E-state index in [2.05, 4.69) is 0 Å². The third-order valence-electron chi connectivity index (χ3n) is 3.22. The first-order valence-electron chi connectivity index (χ1n) is 6.32. The summed E-state index contributed by atoms with van der Waals surface area (Å²) in [6.45, 7) is 2.85. The molecule has 1 aliphatic heterocycles. The highest BCUT2D eigenvalue weighted by Crippen LogP contribution is 2.28. The van der Waals surface area contributed by atoms with Gasteiger partial charge in [0.05, 0.1) is 6.42 Å². The number of benzene rings is 1. The van der Waals surface area contributed by atoms with Crippen LogP contribution >= 0.6 is 0 Å². The van der Waals surface area contributed by atoms with Gasteiger partial charge in [-0.2, -0.15) is 0 Å². The quantitative estimate of drug-likeness (QED) is 0.790. The van der Waals surface area contributed by atoms with Gasteiger partial charge in [-0.3, -0.25) is 4.79 Å². The maximum Gasteiger partial charge on any atom is 0.231 e. The van der Waals surface area contributed by atoms with E-state index in [1.807, 2.05) is 36.1 Å². The Kier molecular flexibility index (Phi) is 3.79. The van der Waals surface area contributed by atoms with Crippen molar-refractivity contribution in [1.29, 1.82) is 0 Å². The first-order chi connectivity index (χ1) is 8.18. The molecule has 0 spiro atoms. The van der Waals surface area contributed by atoms with E-state index in [0.29, 0.717) is 6.42 Å². The molecule has 0 radical (unpaired) electrons. The summed E-state index contributed by atoms with van der Waals surface area (Å²) in [6, 6.07) is 8.32. The SMILES string of the molecule is CC(N)CCCCN1C(=O)Cc2ccccc21. The van der Waals surface area contributed by atoms with Crippen molar-refractivity contribution in [2.75, 3.05) is 11.4 Å². The lowest BCUT2D eigenvalue weighted by molar-refractivity contribution is -0.117. The van der Waals surface area contributed by atoms with E-state index in [0.717, 1.165) is 37.1 Å². The van der Waals surface area contributed by atoms with Crippen molar-refractivity contribution in [1.82, 2.24) is 0 Å². The Balaban J connectivity index is 1.91. The van der Waals surface area contributed by atoms with Crippen molar-refractivity contribution < 1.29 is 4.79 Å². The fourth-order valence-corrected chi connectivity index (χ4v) is 2.30. The maximum atomic E-state index is 11.9. The van der Waals surface area contributed by atoms with Crippen molar-refractivity contribution in [2.24, 2.45) is 5.73 Å². The zero-order valence-electron chi connectivity index (χ0n) is 10.4. The molecule has 1 heterocycles. The second-order valence-corrected chi connectivity index (χ2v) is 4.82. The average Bonchev–Trinajstić information content (AvgIpc) is 2.60. The van der Waals surface area contributed by atoms with Crippen molar-refractivity contribution in [3.63, 3.8) is 0 Å². The van der Waals surface area contributed by atoms with Crippen LogP contribution in [-0.4, -0.2) is 18.5 Å². The summed E-state index contributed by atoms with van der Waals surface area (Å²) in [7, 11) is 0. The Hall–Kier alpha value is -1.35. The van der Waals surface area contributed by atoms with Gasteiger partial charge in [0, 0.05) is 18.3 Å². The standard InChI is InChI=1S/C14H20N2O/c1-11(15)6-4-5-9-16-13-8-3-2-7-12(13)10-14(16)17/h2-3,7-8,11H,4-6,9-10,15H2,1H3. The van der Waals surface area contributed by atoms with Gasteiger partial charge in [0.1, 0.15) is 0 Å². The molecule has 0 aliphatic carbocycles. The minimum absolute atomic E-state index is 0.229. The van der Waals surface area contributed by atoms with Crippen molar-refractivity contribution in [2.45, 2.75) is 38.6 Å². The highest BCUT2D eigenvalue weighted by atomic mass is 16.2. The number of nitrogens with two attached hydrogens (primary N) is 1. The van der Waals surface area contributed by atoms with E-state index in [-0.39, 0.29) is 11.9 Å². The Bertz CT molecular complexity index is 401. The van der Waals surface area contributed by atoms with Crippen LogP contribution in [0.1, 0.15) is 31.7 Å². The van der Waals surface area contributed by atoms with Crippen LogP contribution in [0.4, 0.5) is 5.69 Å². The smallest absolute Gasteiger partial charge is 0.231 e. The fraction of sp³-hybridized carbons (Fsp3) is 0.500. The Morgan fingerprint density at radius 1 is 1.35 bits per heavy atom. The number of unbranched alkanes of at least 4 members (excludes halogenated alkanes) is 1.